The molecule has 12 nitrogen and oxygen atoms in total. The smallest absolute Gasteiger partial charge is 0.223 e. The van der Waals surface area contributed by atoms with Crippen molar-refractivity contribution in [2.45, 2.75) is 27.7 Å². The molecule has 0 aliphatic carbocycles. The van der Waals surface area contributed by atoms with E-state index in [0.29, 0.717) is 35.5 Å². The molecule has 6 aromatic rings. The molecule has 0 aliphatic heterocycles. The second-order valence-electron chi connectivity index (χ2n) is 10.1. The van der Waals surface area contributed by atoms with Crippen LogP contribution in [0.15, 0.2) is 85.5 Å². The number of hydrogen-bond acceptors (Lipinski definition) is 8. The van der Waals surface area contributed by atoms with Gasteiger partial charge in [-0.05, 0) is 50.2 Å². The number of rotatable bonds is 6. The van der Waals surface area contributed by atoms with Gasteiger partial charge in [-0.3, -0.25) is 9.59 Å². The van der Waals surface area contributed by atoms with Crippen molar-refractivity contribution in [1.82, 2.24) is 29.2 Å². The summed E-state index contributed by atoms with van der Waals surface area (Å²) >= 11 is 0. The predicted molar refractivity (Wildman–Crippen MR) is 174 cm³/mol. The van der Waals surface area contributed by atoms with Crippen LogP contribution >= 0.6 is 0 Å². The molecule has 0 aliphatic rings. The van der Waals surface area contributed by atoms with Gasteiger partial charge in [-0.1, -0.05) is 24.3 Å². The second kappa shape index (κ2) is 13.5. The van der Waals surface area contributed by atoms with Gasteiger partial charge < -0.3 is 9.80 Å². The van der Waals surface area contributed by atoms with E-state index in [9.17, 15) is 9.59 Å². The van der Waals surface area contributed by atoms with Crippen molar-refractivity contribution >= 4 is 34.5 Å². The monoisotopic (exact) mass is 610 g/mol. The van der Waals surface area contributed by atoms with Crippen LogP contribution in [0.2, 0.25) is 0 Å². The van der Waals surface area contributed by atoms with Gasteiger partial charge in [-0.2, -0.15) is 20.7 Å². The molecule has 0 radical (unpaired) electrons. The third kappa shape index (κ3) is 6.00. The summed E-state index contributed by atoms with van der Waals surface area (Å²) in [5.74, 6) is -0.00855. The average Bonchev–Trinajstić information content (AvgIpc) is 3.70. The van der Waals surface area contributed by atoms with Crippen LogP contribution < -0.4 is 9.80 Å². The quantitative estimate of drug-likeness (QED) is 0.247. The van der Waals surface area contributed by atoms with E-state index in [1.165, 1.54) is 12.4 Å². The Bertz CT molecular complexity index is 2000. The Kier molecular flexibility index (Phi) is 9.10. The van der Waals surface area contributed by atoms with Crippen molar-refractivity contribution in [3.8, 4) is 34.7 Å². The Balaban J connectivity index is 0.000000181. The minimum atomic E-state index is -0.00428. The van der Waals surface area contributed by atoms with E-state index in [0.717, 1.165) is 33.9 Å². The fourth-order valence-electron chi connectivity index (χ4n) is 5.22. The standard InChI is InChI=1S/2C17H15N5O/c2*1-3-21(12(2)23)15-6-4-5-13(9-15)16-7-8-19-17-14(10-18)11-20-22(16)17/h2*4-9,11H,3H2,1-2H3. The molecule has 12 heteroatoms. The maximum atomic E-state index is 11.7. The summed E-state index contributed by atoms with van der Waals surface area (Å²) < 4.78 is 3.28. The lowest BCUT2D eigenvalue weighted by molar-refractivity contribution is -0.117. The molecule has 0 saturated heterocycles. The van der Waals surface area contributed by atoms with Crippen LogP contribution in [-0.4, -0.2) is 54.1 Å². The maximum Gasteiger partial charge on any atom is 0.223 e. The predicted octanol–water partition coefficient (Wildman–Crippen LogP) is 5.28. The first-order chi connectivity index (χ1) is 22.3. The summed E-state index contributed by atoms with van der Waals surface area (Å²) in [6.45, 7) is 8.17. The molecule has 2 amide bonds. The van der Waals surface area contributed by atoms with Crippen LogP contribution in [-0.2, 0) is 9.59 Å². The Morgan fingerprint density at radius 3 is 1.46 bits per heavy atom. The molecule has 228 valence electrons. The topological polar surface area (TPSA) is 149 Å². The highest BCUT2D eigenvalue weighted by atomic mass is 16.2. The largest absolute Gasteiger partial charge is 0.313 e. The highest BCUT2D eigenvalue weighted by molar-refractivity contribution is 5.93. The fourth-order valence-corrected chi connectivity index (χ4v) is 5.22. The molecule has 6 rings (SSSR count). The lowest BCUT2D eigenvalue weighted by Gasteiger charge is -2.19. The van der Waals surface area contributed by atoms with Crippen LogP contribution in [0.25, 0.3) is 33.8 Å². The number of aromatic nitrogens is 6. The highest BCUT2D eigenvalue weighted by Crippen LogP contribution is 2.27. The summed E-state index contributed by atoms with van der Waals surface area (Å²) in [6.07, 6.45) is 6.32. The molecular weight excluding hydrogens is 580 g/mol. The Morgan fingerprint density at radius 1 is 0.696 bits per heavy atom. The number of carbonyl (C=O) groups excluding carboxylic acids is 2. The number of fused-ring (bicyclic) bond motifs is 2. The first-order valence-electron chi connectivity index (χ1n) is 14.5. The van der Waals surface area contributed by atoms with Gasteiger partial charge >= 0.3 is 0 Å². The normalized spacial score (nSPS) is 10.5. The van der Waals surface area contributed by atoms with E-state index in [-0.39, 0.29) is 11.8 Å². The lowest BCUT2D eigenvalue weighted by Crippen LogP contribution is -2.27. The summed E-state index contributed by atoms with van der Waals surface area (Å²) in [4.78, 5) is 35.3. The van der Waals surface area contributed by atoms with Gasteiger partial charge in [0, 0.05) is 61.8 Å². The van der Waals surface area contributed by atoms with E-state index in [1.54, 1.807) is 45.1 Å². The van der Waals surface area contributed by atoms with Crippen LogP contribution in [0.5, 0.6) is 0 Å². The van der Waals surface area contributed by atoms with Gasteiger partial charge in [0.2, 0.25) is 11.8 Å². The number of hydrogen-bond donors (Lipinski definition) is 0. The molecular formula is C34H30N10O2. The third-order valence-electron chi connectivity index (χ3n) is 7.34. The zero-order valence-electron chi connectivity index (χ0n) is 25.8. The minimum Gasteiger partial charge on any atom is -0.313 e. The van der Waals surface area contributed by atoms with E-state index >= 15 is 0 Å². The van der Waals surface area contributed by atoms with Gasteiger partial charge in [0.05, 0.1) is 23.8 Å². The number of benzene rings is 2. The molecule has 0 saturated carbocycles. The zero-order valence-corrected chi connectivity index (χ0v) is 25.8. The third-order valence-corrected chi connectivity index (χ3v) is 7.34. The number of carbonyl (C=O) groups is 2. The van der Waals surface area contributed by atoms with Crippen molar-refractivity contribution in [1.29, 1.82) is 10.5 Å². The molecule has 0 spiro atoms. The minimum absolute atomic E-state index is 0.00428. The fraction of sp³-hybridized carbons (Fsp3) is 0.176. The summed E-state index contributed by atoms with van der Waals surface area (Å²) in [5, 5.41) is 26.7. The van der Waals surface area contributed by atoms with Gasteiger partial charge in [0.1, 0.15) is 23.3 Å². The highest BCUT2D eigenvalue weighted by Gasteiger charge is 2.15. The number of anilines is 2. The molecule has 0 fully saturated rings. The Hall–Kier alpha value is -6.40. The molecule has 4 aromatic heterocycles. The van der Waals surface area contributed by atoms with E-state index in [2.05, 4.69) is 32.3 Å². The Labute approximate surface area is 265 Å². The number of nitrogens with zero attached hydrogens (tertiary/aromatic N) is 10. The summed E-state index contributed by atoms with van der Waals surface area (Å²) in [5.41, 5.74) is 7.01. The Morgan fingerprint density at radius 2 is 1.11 bits per heavy atom. The molecule has 2 aromatic carbocycles. The second-order valence-corrected chi connectivity index (χ2v) is 10.1. The molecule has 46 heavy (non-hydrogen) atoms. The maximum absolute atomic E-state index is 11.7. The average molecular weight is 611 g/mol. The van der Waals surface area contributed by atoms with E-state index in [4.69, 9.17) is 10.5 Å². The zero-order chi connectivity index (χ0) is 32.8. The molecule has 0 unspecified atom stereocenters. The van der Waals surface area contributed by atoms with Crippen molar-refractivity contribution in [3.05, 3.63) is 96.6 Å². The molecule has 0 bridgehead atoms. The molecule has 0 N–H and O–H groups in total. The lowest BCUT2D eigenvalue weighted by atomic mass is 10.1. The van der Waals surface area contributed by atoms with Gasteiger partial charge in [0.25, 0.3) is 0 Å². The first kappa shape index (κ1) is 31.0. The summed E-state index contributed by atoms with van der Waals surface area (Å²) in [6, 6.07) is 23.2. The van der Waals surface area contributed by atoms with Crippen molar-refractivity contribution in [2.75, 3.05) is 22.9 Å². The van der Waals surface area contributed by atoms with Gasteiger partial charge in [-0.15, -0.1) is 0 Å². The number of amides is 2. The molecule has 0 atom stereocenters. The summed E-state index contributed by atoms with van der Waals surface area (Å²) in [7, 11) is 0. The van der Waals surface area contributed by atoms with Crippen molar-refractivity contribution < 1.29 is 9.59 Å². The van der Waals surface area contributed by atoms with E-state index in [1.807, 2.05) is 74.5 Å². The van der Waals surface area contributed by atoms with Gasteiger partial charge in [-0.25, -0.2) is 19.0 Å². The van der Waals surface area contributed by atoms with Crippen LogP contribution in [0.3, 0.4) is 0 Å². The first-order valence-corrected chi connectivity index (χ1v) is 14.5. The van der Waals surface area contributed by atoms with Crippen LogP contribution in [0.1, 0.15) is 38.8 Å². The van der Waals surface area contributed by atoms with Crippen LogP contribution in [0.4, 0.5) is 11.4 Å². The van der Waals surface area contributed by atoms with Gasteiger partial charge in [0.15, 0.2) is 11.3 Å². The van der Waals surface area contributed by atoms with E-state index < -0.39 is 0 Å². The SMILES string of the molecule is CCN(C(C)=O)c1cccc(-c2ccnc3c(C#N)cnn23)c1.CCN(C(C)=O)c1cccc(-c2ccnc3c(C#N)cnn23)c1. The number of nitriles is 2. The van der Waals surface area contributed by atoms with Crippen molar-refractivity contribution in [2.24, 2.45) is 0 Å². The molecule has 4 heterocycles. The van der Waals surface area contributed by atoms with Crippen LogP contribution in [0, 0.1) is 22.7 Å². The van der Waals surface area contributed by atoms with Crippen molar-refractivity contribution in [3.63, 3.8) is 0 Å².